The Bertz CT molecular complexity index is 2670. The predicted molar refractivity (Wildman–Crippen MR) is 183 cm³/mol. The van der Waals surface area contributed by atoms with Gasteiger partial charge in [0, 0.05) is 21.5 Å². The van der Waals surface area contributed by atoms with E-state index in [9.17, 15) is 0 Å². The van der Waals surface area contributed by atoms with Gasteiger partial charge in [0.15, 0.2) is 0 Å². The van der Waals surface area contributed by atoms with E-state index >= 15 is 0 Å². The lowest BCUT2D eigenvalue weighted by atomic mass is 9.70. The van der Waals surface area contributed by atoms with Gasteiger partial charge >= 0.3 is 0 Å². The molecule has 45 heavy (non-hydrogen) atoms. The minimum Gasteiger partial charge on any atom is -0.456 e. The van der Waals surface area contributed by atoms with Gasteiger partial charge in [0.05, 0.1) is 5.41 Å². The summed E-state index contributed by atoms with van der Waals surface area (Å²) in [7, 11) is 0. The summed E-state index contributed by atoms with van der Waals surface area (Å²) in [6.07, 6.45) is 0. The molecule has 0 N–H and O–H groups in total. The van der Waals surface area contributed by atoms with E-state index in [1.165, 1.54) is 44.5 Å². The van der Waals surface area contributed by atoms with E-state index < -0.39 is 0 Å². The molecule has 0 aliphatic heterocycles. The molecule has 2 heteroatoms. The summed E-state index contributed by atoms with van der Waals surface area (Å²) in [6, 6.07) is 52.8. The van der Waals surface area contributed by atoms with E-state index in [1.54, 1.807) is 0 Å². The second kappa shape index (κ2) is 8.19. The highest BCUT2D eigenvalue weighted by molar-refractivity contribution is 6.10. The molecule has 9 aromatic rings. The highest BCUT2D eigenvalue weighted by Gasteiger charge is 2.51. The summed E-state index contributed by atoms with van der Waals surface area (Å²) in [5, 5.41) is 4.55. The smallest absolute Gasteiger partial charge is 0.136 e. The first-order valence-electron chi connectivity index (χ1n) is 15.5. The van der Waals surface area contributed by atoms with Crippen molar-refractivity contribution in [3.05, 3.63) is 168 Å². The van der Waals surface area contributed by atoms with Gasteiger partial charge in [-0.05, 0) is 98.1 Å². The average molecular weight is 573 g/mol. The molecule has 11 rings (SSSR count). The highest BCUT2D eigenvalue weighted by atomic mass is 16.3. The maximum absolute atomic E-state index is 6.74. The summed E-state index contributed by atoms with van der Waals surface area (Å²) < 4.78 is 12.8. The number of rotatable bonds is 1. The number of fused-ring (bicyclic) bond motifs is 16. The predicted octanol–water partition coefficient (Wildman–Crippen LogP) is 11.5. The van der Waals surface area contributed by atoms with E-state index in [-0.39, 0.29) is 5.41 Å². The first kappa shape index (κ1) is 23.6. The monoisotopic (exact) mass is 572 g/mol. The van der Waals surface area contributed by atoms with Crippen LogP contribution in [0.1, 0.15) is 22.3 Å². The summed E-state index contributed by atoms with van der Waals surface area (Å²) in [5.41, 5.74) is 16.1. The molecule has 7 aromatic carbocycles. The SMILES string of the molecule is c1ccc2c(c1)-c1ccccc1C21c2ccccc2-c2cc3c(cc21)oc1cc(-c2ccc4oc5ccccc5c4c2)ccc13. The third kappa shape index (κ3) is 2.85. The number of furan rings is 2. The quantitative estimate of drug-likeness (QED) is 0.196. The molecule has 2 aromatic heterocycles. The van der Waals surface area contributed by atoms with Gasteiger partial charge in [-0.15, -0.1) is 0 Å². The highest BCUT2D eigenvalue weighted by Crippen LogP contribution is 2.63. The van der Waals surface area contributed by atoms with Crippen LogP contribution in [0.4, 0.5) is 0 Å². The second-order valence-electron chi connectivity index (χ2n) is 12.4. The van der Waals surface area contributed by atoms with Crippen molar-refractivity contribution in [3.63, 3.8) is 0 Å². The van der Waals surface area contributed by atoms with Gasteiger partial charge in [-0.25, -0.2) is 0 Å². The van der Waals surface area contributed by atoms with Crippen molar-refractivity contribution in [2.75, 3.05) is 0 Å². The molecule has 0 fully saturated rings. The summed E-state index contributed by atoms with van der Waals surface area (Å²) in [6.45, 7) is 0. The number of hydrogen-bond acceptors (Lipinski definition) is 2. The Morgan fingerprint density at radius 2 is 0.822 bits per heavy atom. The van der Waals surface area contributed by atoms with Crippen molar-refractivity contribution in [2.24, 2.45) is 0 Å². The lowest BCUT2D eigenvalue weighted by Gasteiger charge is -2.30. The van der Waals surface area contributed by atoms with Gasteiger partial charge in [0.25, 0.3) is 0 Å². The van der Waals surface area contributed by atoms with Crippen LogP contribution in [-0.4, -0.2) is 0 Å². The van der Waals surface area contributed by atoms with E-state index in [0.717, 1.165) is 55.0 Å². The molecule has 0 saturated heterocycles. The standard InChI is InChI=1S/C43H24O2/c1-5-13-35-27(9-1)28-10-2-6-14-36(28)43(35)37-15-7-3-11-29(37)32-23-34-31-19-17-26(22-41(31)45-42(34)24-38(32)43)25-18-20-40-33(21-25)30-12-4-8-16-39(30)44-40/h1-24H. The maximum Gasteiger partial charge on any atom is 0.136 e. The largest absolute Gasteiger partial charge is 0.456 e. The molecular weight excluding hydrogens is 548 g/mol. The van der Waals surface area contributed by atoms with Crippen molar-refractivity contribution < 1.29 is 8.83 Å². The van der Waals surface area contributed by atoms with Crippen molar-refractivity contribution in [2.45, 2.75) is 5.41 Å². The zero-order valence-electron chi connectivity index (χ0n) is 24.2. The Hall–Kier alpha value is -5.86. The first-order chi connectivity index (χ1) is 22.3. The minimum atomic E-state index is -0.375. The summed E-state index contributed by atoms with van der Waals surface area (Å²) >= 11 is 0. The Morgan fingerprint density at radius 1 is 0.311 bits per heavy atom. The number of para-hydroxylation sites is 1. The molecule has 1 spiro atoms. The molecule has 0 bridgehead atoms. The van der Waals surface area contributed by atoms with Crippen molar-refractivity contribution in [1.29, 1.82) is 0 Å². The Balaban J connectivity index is 1.15. The Labute approximate surface area is 258 Å². The Morgan fingerprint density at radius 3 is 1.58 bits per heavy atom. The molecular formula is C43H24O2. The van der Waals surface area contributed by atoms with Gasteiger partial charge in [-0.1, -0.05) is 103 Å². The van der Waals surface area contributed by atoms with Crippen molar-refractivity contribution in [3.8, 4) is 33.4 Å². The van der Waals surface area contributed by atoms with E-state index in [4.69, 9.17) is 8.83 Å². The molecule has 0 atom stereocenters. The van der Waals surface area contributed by atoms with Crippen molar-refractivity contribution in [1.82, 2.24) is 0 Å². The Kier molecular flexibility index (Phi) is 4.29. The van der Waals surface area contributed by atoms with Gasteiger partial charge in [0.1, 0.15) is 22.3 Å². The van der Waals surface area contributed by atoms with Crippen LogP contribution < -0.4 is 0 Å². The van der Waals surface area contributed by atoms with Crippen LogP contribution >= 0.6 is 0 Å². The lowest BCUT2D eigenvalue weighted by molar-refractivity contribution is 0.666. The van der Waals surface area contributed by atoms with Crippen LogP contribution in [0.5, 0.6) is 0 Å². The molecule has 2 aliphatic rings. The zero-order valence-corrected chi connectivity index (χ0v) is 24.2. The van der Waals surface area contributed by atoms with E-state index in [1.807, 2.05) is 12.1 Å². The van der Waals surface area contributed by atoms with Crippen LogP contribution in [0.15, 0.2) is 154 Å². The number of hydrogen-bond donors (Lipinski definition) is 0. The molecule has 0 unspecified atom stereocenters. The lowest BCUT2D eigenvalue weighted by Crippen LogP contribution is -2.25. The van der Waals surface area contributed by atoms with Gasteiger partial charge in [-0.2, -0.15) is 0 Å². The average Bonchev–Trinajstić information content (AvgIpc) is 3.81. The minimum absolute atomic E-state index is 0.375. The topological polar surface area (TPSA) is 26.3 Å². The normalized spacial score (nSPS) is 14.0. The third-order valence-corrected chi connectivity index (χ3v) is 10.3. The number of benzene rings is 7. The zero-order chi connectivity index (χ0) is 29.3. The summed E-state index contributed by atoms with van der Waals surface area (Å²) in [5.74, 6) is 0. The second-order valence-corrected chi connectivity index (χ2v) is 12.4. The third-order valence-electron chi connectivity index (χ3n) is 10.3. The molecule has 2 nitrogen and oxygen atoms in total. The molecule has 0 saturated carbocycles. The van der Waals surface area contributed by atoms with Crippen LogP contribution in [0.3, 0.4) is 0 Å². The van der Waals surface area contributed by atoms with Gasteiger partial charge in [-0.3, -0.25) is 0 Å². The van der Waals surface area contributed by atoms with E-state index in [2.05, 4.69) is 133 Å². The van der Waals surface area contributed by atoms with Crippen LogP contribution in [-0.2, 0) is 5.41 Å². The van der Waals surface area contributed by atoms with Gasteiger partial charge < -0.3 is 8.83 Å². The molecule has 208 valence electrons. The van der Waals surface area contributed by atoms with E-state index in [0.29, 0.717) is 0 Å². The molecule has 2 heterocycles. The van der Waals surface area contributed by atoms with Crippen LogP contribution in [0, 0.1) is 0 Å². The maximum atomic E-state index is 6.74. The first-order valence-corrected chi connectivity index (χ1v) is 15.5. The molecule has 2 aliphatic carbocycles. The molecule has 0 amide bonds. The van der Waals surface area contributed by atoms with Crippen LogP contribution in [0.25, 0.3) is 77.3 Å². The van der Waals surface area contributed by atoms with Gasteiger partial charge in [0.2, 0.25) is 0 Å². The molecule has 0 radical (unpaired) electrons. The van der Waals surface area contributed by atoms with Crippen LogP contribution in [0.2, 0.25) is 0 Å². The fourth-order valence-corrected chi connectivity index (χ4v) is 8.45. The van der Waals surface area contributed by atoms with Crippen molar-refractivity contribution >= 4 is 43.9 Å². The summed E-state index contributed by atoms with van der Waals surface area (Å²) in [4.78, 5) is 0. The fourth-order valence-electron chi connectivity index (χ4n) is 8.45. The fraction of sp³-hybridized carbons (Fsp3) is 0.0233.